The van der Waals surface area contributed by atoms with Gasteiger partial charge in [0, 0.05) is 11.1 Å². The highest BCUT2D eigenvalue weighted by Crippen LogP contribution is 2.29. The van der Waals surface area contributed by atoms with E-state index in [2.05, 4.69) is 10.1 Å². The molecule has 0 aliphatic carbocycles. The molecule has 5 heteroatoms. The molecule has 1 aromatic carbocycles. The average Bonchev–Trinajstić information content (AvgIpc) is 2.88. The van der Waals surface area contributed by atoms with E-state index in [1.807, 2.05) is 30.3 Å². The number of rotatable bonds is 2. The van der Waals surface area contributed by atoms with E-state index in [0.29, 0.717) is 18.3 Å². The summed E-state index contributed by atoms with van der Waals surface area (Å²) in [7, 11) is 0. The molecule has 0 saturated carbocycles. The molecule has 0 fully saturated rings. The Morgan fingerprint density at radius 3 is 2.94 bits per heavy atom. The number of benzene rings is 1. The quantitative estimate of drug-likeness (QED) is 0.873. The fourth-order valence-corrected chi connectivity index (χ4v) is 1.80. The van der Waals surface area contributed by atoms with Gasteiger partial charge in [0.05, 0.1) is 6.04 Å². The van der Waals surface area contributed by atoms with Crippen LogP contribution in [-0.4, -0.2) is 16.7 Å². The fraction of sp³-hybridized carbons (Fsp3) is 0.231. The topological polar surface area (TPSA) is 74.2 Å². The maximum atomic E-state index is 5.69. The van der Waals surface area contributed by atoms with E-state index in [-0.39, 0.29) is 6.04 Å². The molecular formula is C13H13N3O2. The minimum Gasteiger partial charge on any atom is -0.488 e. The molecule has 3 rings (SSSR count). The molecule has 0 bridgehead atoms. The Morgan fingerprint density at radius 1 is 1.33 bits per heavy atom. The molecule has 0 saturated heterocycles. The van der Waals surface area contributed by atoms with Crippen molar-refractivity contribution in [1.82, 2.24) is 10.1 Å². The number of fused-ring (bicyclic) bond motifs is 1. The summed E-state index contributed by atoms with van der Waals surface area (Å²) in [5, 5.41) is 3.92. The number of ether oxygens (including phenoxy) is 1. The van der Waals surface area contributed by atoms with Crippen molar-refractivity contribution in [2.45, 2.75) is 13.0 Å². The second-order valence-electron chi connectivity index (χ2n) is 4.24. The van der Waals surface area contributed by atoms with Crippen LogP contribution in [0.25, 0.3) is 11.6 Å². The van der Waals surface area contributed by atoms with E-state index in [1.54, 1.807) is 6.92 Å². The maximum Gasteiger partial charge on any atom is 0.243 e. The SMILES string of the molecule is C[C@H](N)c1nc(C2=Cc3ccccc3OC2)no1. The molecule has 2 N–H and O–H groups in total. The van der Waals surface area contributed by atoms with Crippen molar-refractivity contribution in [3.8, 4) is 5.75 Å². The predicted molar refractivity (Wildman–Crippen MR) is 66.7 cm³/mol. The van der Waals surface area contributed by atoms with E-state index >= 15 is 0 Å². The van der Waals surface area contributed by atoms with Crippen molar-refractivity contribution in [3.05, 3.63) is 41.5 Å². The third kappa shape index (κ3) is 1.89. The Bertz CT molecular complexity index is 602. The predicted octanol–water partition coefficient (Wildman–Crippen LogP) is 2.02. The largest absolute Gasteiger partial charge is 0.488 e. The molecule has 1 aliphatic heterocycles. The van der Waals surface area contributed by atoms with Gasteiger partial charge >= 0.3 is 0 Å². The zero-order valence-electron chi connectivity index (χ0n) is 9.96. The van der Waals surface area contributed by atoms with E-state index in [1.165, 1.54) is 0 Å². The first-order chi connectivity index (χ1) is 8.74. The zero-order valence-corrected chi connectivity index (χ0v) is 9.96. The van der Waals surface area contributed by atoms with Gasteiger partial charge in [-0.3, -0.25) is 0 Å². The minimum atomic E-state index is -0.261. The van der Waals surface area contributed by atoms with E-state index < -0.39 is 0 Å². The standard InChI is InChI=1S/C13H13N3O2/c1-8(14)13-15-12(16-18-13)10-6-9-4-2-3-5-11(9)17-7-10/h2-6,8H,7,14H2,1H3/t8-/m0/s1. The average molecular weight is 243 g/mol. The zero-order chi connectivity index (χ0) is 12.5. The summed E-state index contributed by atoms with van der Waals surface area (Å²) < 4.78 is 10.7. The van der Waals surface area contributed by atoms with Crippen LogP contribution in [0.4, 0.5) is 0 Å². The van der Waals surface area contributed by atoms with Gasteiger partial charge in [0.2, 0.25) is 11.7 Å². The highest BCUT2D eigenvalue weighted by molar-refractivity contribution is 5.82. The van der Waals surface area contributed by atoms with E-state index in [9.17, 15) is 0 Å². The van der Waals surface area contributed by atoms with Crippen LogP contribution in [0.2, 0.25) is 0 Å². The lowest BCUT2D eigenvalue weighted by Crippen LogP contribution is -2.08. The monoisotopic (exact) mass is 243 g/mol. The van der Waals surface area contributed by atoms with Crippen molar-refractivity contribution < 1.29 is 9.26 Å². The van der Waals surface area contributed by atoms with Crippen LogP contribution in [0.15, 0.2) is 28.8 Å². The van der Waals surface area contributed by atoms with Crippen molar-refractivity contribution in [3.63, 3.8) is 0 Å². The smallest absolute Gasteiger partial charge is 0.243 e. The van der Waals surface area contributed by atoms with Gasteiger partial charge < -0.3 is 15.0 Å². The number of aromatic nitrogens is 2. The minimum absolute atomic E-state index is 0.261. The van der Waals surface area contributed by atoms with E-state index in [0.717, 1.165) is 16.9 Å². The van der Waals surface area contributed by atoms with Gasteiger partial charge in [-0.05, 0) is 19.1 Å². The Morgan fingerprint density at radius 2 is 2.17 bits per heavy atom. The molecule has 0 amide bonds. The Balaban J connectivity index is 1.96. The summed E-state index contributed by atoms with van der Waals surface area (Å²) in [5.74, 6) is 1.85. The summed E-state index contributed by atoms with van der Waals surface area (Å²) in [6, 6.07) is 7.57. The molecule has 2 heterocycles. The van der Waals surface area contributed by atoms with Gasteiger partial charge in [-0.15, -0.1) is 0 Å². The van der Waals surface area contributed by atoms with Crippen LogP contribution >= 0.6 is 0 Å². The number of para-hydroxylation sites is 1. The van der Waals surface area contributed by atoms with Gasteiger partial charge in [0.1, 0.15) is 12.4 Å². The second kappa shape index (κ2) is 4.27. The fourth-order valence-electron chi connectivity index (χ4n) is 1.80. The summed E-state index contributed by atoms with van der Waals surface area (Å²) in [6.45, 7) is 2.24. The lowest BCUT2D eigenvalue weighted by atomic mass is 10.1. The molecule has 2 aromatic rings. The van der Waals surface area contributed by atoms with Gasteiger partial charge in [0.25, 0.3) is 0 Å². The maximum absolute atomic E-state index is 5.69. The van der Waals surface area contributed by atoms with Crippen LogP contribution in [0.3, 0.4) is 0 Å². The lowest BCUT2D eigenvalue weighted by Gasteiger charge is -2.15. The molecule has 1 atom stereocenters. The van der Waals surface area contributed by atoms with Crippen LogP contribution in [-0.2, 0) is 0 Å². The summed E-state index contributed by atoms with van der Waals surface area (Å²) in [6.07, 6.45) is 2.01. The number of nitrogens with zero attached hydrogens (tertiary/aromatic N) is 2. The van der Waals surface area contributed by atoms with Crippen molar-refractivity contribution in [2.24, 2.45) is 5.73 Å². The number of hydrogen-bond acceptors (Lipinski definition) is 5. The summed E-state index contributed by atoms with van der Waals surface area (Å²) in [4.78, 5) is 4.26. The molecule has 0 radical (unpaired) electrons. The third-order valence-corrected chi connectivity index (χ3v) is 2.75. The molecular weight excluding hydrogens is 230 g/mol. The van der Waals surface area contributed by atoms with Gasteiger partial charge in [-0.1, -0.05) is 23.4 Å². The Kier molecular flexibility index (Phi) is 2.60. The molecule has 1 aromatic heterocycles. The highest BCUT2D eigenvalue weighted by atomic mass is 16.5. The van der Waals surface area contributed by atoms with Crippen LogP contribution in [0.5, 0.6) is 5.75 Å². The first-order valence-electron chi connectivity index (χ1n) is 5.76. The van der Waals surface area contributed by atoms with Crippen LogP contribution in [0, 0.1) is 0 Å². The molecule has 0 spiro atoms. The van der Waals surface area contributed by atoms with Crippen LogP contribution in [0.1, 0.15) is 30.2 Å². The van der Waals surface area contributed by atoms with Crippen molar-refractivity contribution in [2.75, 3.05) is 6.61 Å². The Hall–Kier alpha value is -2.14. The first kappa shape index (κ1) is 11.0. The normalized spacial score (nSPS) is 15.6. The molecule has 5 nitrogen and oxygen atoms in total. The van der Waals surface area contributed by atoms with Gasteiger partial charge in [-0.2, -0.15) is 4.98 Å². The Labute approximate surface area is 104 Å². The highest BCUT2D eigenvalue weighted by Gasteiger charge is 2.18. The second-order valence-corrected chi connectivity index (χ2v) is 4.24. The number of nitrogens with two attached hydrogens (primary N) is 1. The number of hydrogen-bond donors (Lipinski definition) is 1. The molecule has 18 heavy (non-hydrogen) atoms. The van der Waals surface area contributed by atoms with Crippen molar-refractivity contribution >= 4 is 11.6 Å². The molecule has 0 unspecified atom stereocenters. The van der Waals surface area contributed by atoms with E-state index in [4.69, 9.17) is 15.0 Å². The molecule has 1 aliphatic rings. The summed E-state index contributed by atoms with van der Waals surface area (Å²) in [5.41, 5.74) is 7.60. The van der Waals surface area contributed by atoms with Crippen molar-refractivity contribution in [1.29, 1.82) is 0 Å². The van der Waals surface area contributed by atoms with Gasteiger partial charge in [0.15, 0.2) is 0 Å². The van der Waals surface area contributed by atoms with Crippen LogP contribution < -0.4 is 10.5 Å². The summed E-state index contributed by atoms with van der Waals surface area (Å²) >= 11 is 0. The van der Waals surface area contributed by atoms with Gasteiger partial charge in [-0.25, -0.2) is 0 Å². The molecule has 92 valence electrons. The third-order valence-electron chi connectivity index (χ3n) is 2.75. The lowest BCUT2D eigenvalue weighted by molar-refractivity contribution is 0.353. The first-order valence-corrected chi connectivity index (χ1v) is 5.76.